The standard InChI is InChI=1S/C31H35F5N6O2/c1-2-5-26(38-23-9-8-20-14-22(32)15-25(33)24(20)16-23)29(43)39-28-18-42(19-37-28)27-7-4-3-6-21(27)17-40-10-12-41(13-11-40)30(44)31(34,35)36/h3-4,6-7,14-15,18-19,23,26,38H,2,5,8-13,16-17H2,1H3,(H,39,43)/t23-,26-/m0/s1. The zero-order valence-corrected chi connectivity index (χ0v) is 24.3. The topological polar surface area (TPSA) is 82.5 Å². The number of fused-ring (bicyclic) bond motifs is 1. The molecule has 2 atom stereocenters. The van der Waals surface area contributed by atoms with Gasteiger partial charge in [0.05, 0.1) is 17.9 Å². The number of rotatable bonds is 9. The second-order valence-electron chi connectivity index (χ2n) is 11.3. The fourth-order valence-electron chi connectivity index (χ4n) is 5.95. The van der Waals surface area contributed by atoms with Gasteiger partial charge in [0.25, 0.3) is 0 Å². The van der Waals surface area contributed by atoms with E-state index in [-0.39, 0.29) is 25.0 Å². The van der Waals surface area contributed by atoms with E-state index in [1.165, 1.54) is 6.07 Å². The molecule has 1 aliphatic carbocycles. The number of nitrogens with one attached hydrogen (secondary N) is 2. The van der Waals surface area contributed by atoms with Crippen molar-refractivity contribution in [3.8, 4) is 5.69 Å². The summed E-state index contributed by atoms with van der Waals surface area (Å²) in [7, 11) is 0. The van der Waals surface area contributed by atoms with Crippen LogP contribution in [0.25, 0.3) is 5.69 Å². The number of aromatic nitrogens is 2. The highest BCUT2D eigenvalue weighted by atomic mass is 19.4. The molecule has 1 saturated heterocycles. The second kappa shape index (κ2) is 13.4. The first kappa shape index (κ1) is 31.6. The van der Waals surface area contributed by atoms with E-state index in [1.807, 2.05) is 36.1 Å². The number of imidazole rings is 1. The van der Waals surface area contributed by atoms with Crippen molar-refractivity contribution in [1.29, 1.82) is 0 Å². The SMILES string of the molecule is CCC[C@H](N[C@H]1CCc2cc(F)cc(F)c2C1)C(=O)Nc1cn(-c2ccccc2CN2CCN(C(=O)C(F)(F)F)CC2)cn1. The van der Waals surface area contributed by atoms with Crippen molar-refractivity contribution in [2.24, 2.45) is 0 Å². The summed E-state index contributed by atoms with van der Waals surface area (Å²) in [6, 6.07) is 9.14. The van der Waals surface area contributed by atoms with Crippen LogP contribution in [0.15, 0.2) is 48.9 Å². The average molecular weight is 619 g/mol. The number of piperazine rings is 1. The number of amides is 2. The van der Waals surface area contributed by atoms with Crippen LogP contribution in [0.3, 0.4) is 0 Å². The molecule has 2 aromatic carbocycles. The maximum atomic E-state index is 14.4. The van der Waals surface area contributed by atoms with Crippen LogP contribution in [0.2, 0.25) is 0 Å². The van der Waals surface area contributed by atoms with Crippen LogP contribution in [0.4, 0.5) is 27.8 Å². The van der Waals surface area contributed by atoms with Crippen molar-refractivity contribution >= 4 is 17.6 Å². The minimum absolute atomic E-state index is 0.00438. The third-order valence-electron chi connectivity index (χ3n) is 8.20. The Morgan fingerprint density at radius 3 is 2.57 bits per heavy atom. The second-order valence-corrected chi connectivity index (χ2v) is 11.3. The Morgan fingerprint density at radius 2 is 1.84 bits per heavy atom. The maximum absolute atomic E-state index is 14.4. The van der Waals surface area contributed by atoms with Crippen LogP contribution in [0.1, 0.15) is 42.9 Å². The normalized spacial score (nSPS) is 18.1. The van der Waals surface area contributed by atoms with Crippen LogP contribution in [0, 0.1) is 11.6 Å². The minimum Gasteiger partial charge on any atom is -0.332 e. The van der Waals surface area contributed by atoms with Crippen LogP contribution < -0.4 is 10.6 Å². The lowest BCUT2D eigenvalue weighted by molar-refractivity contribution is -0.187. The first-order valence-electron chi connectivity index (χ1n) is 14.8. The molecule has 2 aliphatic rings. The number of carbonyl (C=O) groups excluding carboxylic acids is 2. The molecular formula is C31H35F5N6O2. The highest BCUT2D eigenvalue weighted by Crippen LogP contribution is 2.26. The summed E-state index contributed by atoms with van der Waals surface area (Å²) in [6.45, 7) is 3.04. The molecule has 2 N–H and O–H groups in total. The molecule has 5 rings (SSSR count). The molecule has 1 aromatic heterocycles. The van der Waals surface area contributed by atoms with Gasteiger partial charge in [0.15, 0.2) is 5.82 Å². The Balaban J connectivity index is 1.20. The summed E-state index contributed by atoms with van der Waals surface area (Å²) < 4.78 is 68.2. The van der Waals surface area contributed by atoms with Gasteiger partial charge in [0, 0.05) is 44.8 Å². The van der Waals surface area contributed by atoms with Crippen molar-refractivity contribution in [3.63, 3.8) is 0 Å². The Labute approximate surface area is 252 Å². The minimum atomic E-state index is -4.88. The Morgan fingerprint density at radius 1 is 1.09 bits per heavy atom. The molecule has 236 valence electrons. The maximum Gasteiger partial charge on any atom is 0.471 e. The molecule has 0 unspecified atom stereocenters. The van der Waals surface area contributed by atoms with Crippen molar-refractivity contribution in [2.45, 2.75) is 63.8 Å². The van der Waals surface area contributed by atoms with E-state index >= 15 is 0 Å². The Bertz CT molecular complexity index is 1480. The predicted octanol–water partition coefficient (Wildman–Crippen LogP) is 4.61. The highest BCUT2D eigenvalue weighted by Gasteiger charge is 2.43. The molecule has 13 heteroatoms. The largest absolute Gasteiger partial charge is 0.471 e. The molecule has 0 spiro atoms. The molecule has 1 fully saturated rings. The van der Waals surface area contributed by atoms with Crippen molar-refractivity contribution < 1.29 is 31.5 Å². The van der Waals surface area contributed by atoms with E-state index in [0.717, 1.165) is 28.6 Å². The lowest BCUT2D eigenvalue weighted by Crippen LogP contribution is -2.52. The van der Waals surface area contributed by atoms with Gasteiger partial charge in [-0.2, -0.15) is 13.2 Å². The molecule has 0 bridgehead atoms. The van der Waals surface area contributed by atoms with Crippen molar-refractivity contribution in [1.82, 2.24) is 24.7 Å². The summed E-state index contributed by atoms with van der Waals surface area (Å²) in [4.78, 5) is 32.0. The molecule has 3 aromatic rings. The molecule has 1 aliphatic heterocycles. The van der Waals surface area contributed by atoms with Gasteiger partial charge >= 0.3 is 12.1 Å². The van der Waals surface area contributed by atoms with Crippen LogP contribution in [0.5, 0.6) is 0 Å². The fourth-order valence-corrected chi connectivity index (χ4v) is 5.95. The number of benzene rings is 2. The summed E-state index contributed by atoms with van der Waals surface area (Å²) in [6.07, 6.45) is 1.25. The quantitative estimate of drug-likeness (QED) is 0.343. The third kappa shape index (κ3) is 7.44. The molecule has 44 heavy (non-hydrogen) atoms. The van der Waals surface area contributed by atoms with Gasteiger partial charge in [0.2, 0.25) is 5.91 Å². The number of para-hydroxylation sites is 1. The van der Waals surface area contributed by atoms with E-state index in [4.69, 9.17) is 0 Å². The van der Waals surface area contributed by atoms with Gasteiger partial charge in [-0.05, 0) is 54.5 Å². The summed E-state index contributed by atoms with van der Waals surface area (Å²) in [5.74, 6) is -2.87. The first-order valence-corrected chi connectivity index (χ1v) is 14.8. The average Bonchev–Trinajstić information content (AvgIpc) is 3.45. The van der Waals surface area contributed by atoms with Gasteiger partial charge in [-0.25, -0.2) is 13.8 Å². The molecular weight excluding hydrogens is 583 g/mol. The van der Waals surface area contributed by atoms with E-state index in [2.05, 4.69) is 15.6 Å². The number of halogens is 5. The van der Waals surface area contributed by atoms with Crippen molar-refractivity contribution in [3.05, 3.63) is 77.2 Å². The zero-order valence-electron chi connectivity index (χ0n) is 24.3. The molecule has 0 radical (unpaired) electrons. The van der Waals surface area contributed by atoms with Crippen molar-refractivity contribution in [2.75, 3.05) is 31.5 Å². The van der Waals surface area contributed by atoms with Gasteiger partial charge in [0.1, 0.15) is 18.0 Å². The summed E-state index contributed by atoms with van der Waals surface area (Å²) in [5.41, 5.74) is 2.87. The van der Waals surface area contributed by atoms with E-state index in [9.17, 15) is 31.5 Å². The van der Waals surface area contributed by atoms with Gasteiger partial charge in [-0.1, -0.05) is 31.5 Å². The molecule has 0 saturated carbocycles. The summed E-state index contributed by atoms with van der Waals surface area (Å²) in [5, 5.41) is 6.25. The predicted molar refractivity (Wildman–Crippen MR) is 154 cm³/mol. The molecule has 2 amide bonds. The highest BCUT2D eigenvalue weighted by molar-refractivity contribution is 5.94. The Hall–Kier alpha value is -3.84. The number of anilines is 1. The first-order chi connectivity index (χ1) is 21.0. The van der Waals surface area contributed by atoms with Crippen LogP contribution >= 0.6 is 0 Å². The number of alkyl halides is 3. The van der Waals surface area contributed by atoms with Gasteiger partial charge in [-0.3, -0.25) is 14.5 Å². The molecule has 8 nitrogen and oxygen atoms in total. The number of carbonyl (C=O) groups is 2. The number of aryl methyl sites for hydroxylation is 1. The monoisotopic (exact) mass is 618 g/mol. The fraction of sp³-hybridized carbons (Fsp3) is 0.452. The van der Waals surface area contributed by atoms with E-state index in [1.54, 1.807) is 17.1 Å². The van der Waals surface area contributed by atoms with Gasteiger partial charge in [-0.15, -0.1) is 0 Å². The van der Waals surface area contributed by atoms with E-state index < -0.39 is 29.8 Å². The summed E-state index contributed by atoms with van der Waals surface area (Å²) >= 11 is 0. The number of hydrogen-bond acceptors (Lipinski definition) is 5. The zero-order chi connectivity index (χ0) is 31.4. The lowest BCUT2D eigenvalue weighted by atomic mass is 9.87. The van der Waals surface area contributed by atoms with E-state index in [0.29, 0.717) is 62.3 Å². The molecule has 2 heterocycles. The Kier molecular flexibility index (Phi) is 9.64. The van der Waals surface area contributed by atoms with Gasteiger partial charge < -0.3 is 20.1 Å². The third-order valence-corrected chi connectivity index (χ3v) is 8.20. The number of nitrogens with zero attached hydrogens (tertiary/aromatic N) is 4. The lowest BCUT2D eigenvalue weighted by Gasteiger charge is -2.35. The smallest absolute Gasteiger partial charge is 0.332 e. The van der Waals surface area contributed by atoms with Crippen LogP contribution in [-0.4, -0.2) is 75.6 Å². The number of hydrogen-bond donors (Lipinski definition) is 2. The van der Waals surface area contributed by atoms with Crippen LogP contribution in [-0.2, 0) is 29.0 Å².